The summed E-state index contributed by atoms with van der Waals surface area (Å²) in [5, 5.41) is 9.19. The number of hydrogen-bond donors (Lipinski definition) is 2. The zero-order valence-electron chi connectivity index (χ0n) is 8.95. The van der Waals surface area contributed by atoms with Crippen LogP contribution >= 0.6 is 0 Å². The molecule has 0 radical (unpaired) electrons. The molecule has 16 heavy (non-hydrogen) atoms. The Morgan fingerprint density at radius 2 is 2.38 bits per heavy atom. The minimum Gasteiger partial charge on any atom is -0.494 e. The second-order valence-corrected chi connectivity index (χ2v) is 3.61. The number of benzene rings is 1. The quantitative estimate of drug-likeness (QED) is 0.738. The number of nitrogens with two attached hydrogens (primary N) is 1. The van der Waals surface area contributed by atoms with Crippen LogP contribution in [0.1, 0.15) is 22.3 Å². The van der Waals surface area contributed by atoms with Crippen LogP contribution in [0.25, 0.3) is 0 Å². The summed E-state index contributed by atoms with van der Waals surface area (Å²) in [5.41, 5.74) is 6.81. The molecule has 5 nitrogen and oxygen atoms in total. The van der Waals surface area contributed by atoms with Crippen molar-refractivity contribution in [3.63, 3.8) is 0 Å². The number of hydrogen-bond acceptors (Lipinski definition) is 4. The summed E-state index contributed by atoms with van der Waals surface area (Å²) in [5.74, 6) is -0.260. The van der Waals surface area contributed by atoms with Gasteiger partial charge in [0.15, 0.2) is 5.75 Å². The van der Waals surface area contributed by atoms with E-state index in [1.165, 1.54) is 7.11 Å². The molecule has 0 spiro atoms. The molecule has 0 bridgehead atoms. The Morgan fingerprint density at radius 3 is 3.00 bits per heavy atom. The van der Waals surface area contributed by atoms with E-state index < -0.39 is 5.97 Å². The third-order valence-corrected chi connectivity index (χ3v) is 2.62. The first kappa shape index (κ1) is 10.6. The third-order valence-electron chi connectivity index (χ3n) is 2.62. The van der Waals surface area contributed by atoms with Gasteiger partial charge in [-0.1, -0.05) is 0 Å². The molecule has 1 aliphatic rings. The summed E-state index contributed by atoms with van der Waals surface area (Å²) in [4.78, 5) is 11.2. The number of carboxylic acids is 1. The second kappa shape index (κ2) is 3.92. The van der Waals surface area contributed by atoms with Gasteiger partial charge in [-0.25, -0.2) is 4.79 Å². The van der Waals surface area contributed by atoms with Crippen molar-refractivity contribution in [3.8, 4) is 11.5 Å². The van der Waals surface area contributed by atoms with Gasteiger partial charge in [-0.3, -0.25) is 0 Å². The highest BCUT2D eigenvalue weighted by Gasteiger charge is 2.25. The molecule has 0 fully saturated rings. The van der Waals surface area contributed by atoms with Gasteiger partial charge >= 0.3 is 5.97 Å². The van der Waals surface area contributed by atoms with Crippen molar-refractivity contribution < 1.29 is 19.4 Å². The minimum absolute atomic E-state index is 0.122. The average molecular weight is 223 g/mol. The molecule has 0 amide bonds. The van der Waals surface area contributed by atoms with Gasteiger partial charge in [0.25, 0.3) is 0 Å². The normalized spacial score (nSPS) is 13.8. The van der Waals surface area contributed by atoms with Gasteiger partial charge in [0.2, 0.25) is 0 Å². The summed E-state index contributed by atoms with van der Waals surface area (Å²) in [6.45, 7) is 0.595. The molecule has 86 valence electrons. The fraction of sp³-hybridized carbons (Fsp3) is 0.364. The number of rotatable bonds is 2. The van der Waals surface area contributed by atoms with Gasteiger partial charge in [-0.2, -0.15) is 0 Å². The predicted molar refractivity (Wildman–Crippen MR) is 58.2 cm³/mol. The summed E-state index contributed by atoms with van der Waals surface area (Å²) in [6.07, 6.45) is 1.48. The van der Waals surface area contributed by atoms with Crippen molar-refractivity contribution in [1.82, 2.24) is 0 Å². The van der Waals surface area contributed by atoms with E-state index in [-0.39, 0.29) is 11.3 Å². The van der Waals surface area contributed by atoms with Crippen LogP contribution in [0.15, 0.2) is 6.07 Å². The molecule has 1 aromatic carbocycles. The lowest BCUT2D eigenvalue weighted by Gasteiger charge is -2.21. The molecule has 1 aliphatic heterocycles. The smallest absolute Gasteiger partial charge is 0.339 e. The van der Waals surface area contributed by atoms with Crippen molar-refractivity contribution in [1.29, 1.82) is 0 Å². The molecule has 0 aromatic heterocycles. The van der Waals surface area contributed by atoms with Crippen LogP contribution in [0.3, 0.4) is 0 Å². The van der Waals surface area contributed by atoms with Gasteiger partial charge in [-0.05, 0) is 12.8 Å². The zero-order chi connectivity index (χ0) is 11.7. The van der Waals surface area contributed by atoms with E-state index in [1.54, 1.807) is 6.07 Å². The molecule has 0 saturated carbocycles. The van der Waals surface area contributed by atoms with Gasteiger partial charge in [0.1, 0.15) is 11.3 Å². The topological polar surface area (TPSA) is 81.8 Å². The first-order valence-corrected chi connectivity index (χ1v) is 5.00. The number of ether oxygens (including phenoxy) is 2. The first-order valence-electron chi connectivity index (χ1n) is 5.00. The Balaban J connectivity index is 2.68. The number of nitrogen functional groups attached to an aromatic ring is 1. The van der Waals surface area contributed by atoms with Crippen molar-refractivity contribution in [2.45, 2.75) is 12.8 Å². The number of anilines is 1. The Labute approximate surface area is 92.8 Å². The largest absolute Gasteiger partial charge is 0.494 e. The Bertz CT molecular complexity index is 442. The maximum Gasteiger partial charge on any atom is 0.339 e. The van der Waals surface area contributed by atoms with E-state index >= 15 is 0 Å². The lowest BCUT2D eigenvalue weighted by Crippen LogP contribution is -2.15. The van der Waals surface area contributed by atoms with Crippen LogP contribution in [0.2, 0.25) is 0 Å². The molecule has 1 aromatic rings. The maximum atomic E-state index is 11.2. The second-order valence-electron chi connectivity index (χ2n) is 3.61. The van der Waals surface area contributed by atoms with Crippen LogP contribution in [0.4, 0.5) is 5.69 Å². The van der Waals surface area contributed by atoms with Gasteiger partial charge in [0, 0.05) is 11.6 Å². The molecule has 0 atom stereocenters. The van der Waals surface area contributed by atoms with Gasteiger partial charge in [0.05, 0.1) is 19.4 Å². The monoisotopic (exact) mass is 223 g/mol. The molecule has 5 heteroatoms. The van der Waals surface area contributed by atoms with E-state index in [2.05, 4.69) is 0 Å². The number of fused-ring (bicyclic) bond motifs is 1. The van der Waals surface area contributed by atoms with Crippen LogP contribution in [0, 0.1) is 0 Å². The molecular formula is C11H13NO4. The third kappa shape index (κ3) is 1.54. The van der Waals surface area contributed by atoms with E-state index in [1.807, 2.05) is 0 Å². The number of aromatic carboxylic acids is 1. The first-order chi connectivity index (χ1) is 7.65. The fourth-order valence-electron chi connectivity index (χ4n) is 1.95. The Morgan fingerprint density at radius 1 is 1.62 bits per heavy atom. The van der Waals surface area contributed by atoms with Crippen molar-refractivity contribution in [2.75, 3.05) is 19.5 Å². The summed E-state index contributed by atoms with van der Waals surface area (Å²) >= 11 is 0. The molecule has 0 unspecified atom stereocenters. The highest BCUT2D eigenvalue weighted by molar-refractivity contribution is 5.96. The highest BCUT2D eigenvalue weighted by atomic mass is 16.5. The molecule has 0 saturated heterocycles. The van der Waals surface area contributed by atoms with E-state index in [9.17, 15) is 9.90 Å². The predicted octanol–water partition coefficient (Wildman–Crippen LogP) is 1.30. The van der Waals surface area contributed by atoms with Crippen LogP contribution in [-0.4, -0.2) is 24.8 Å². The SMILES string of the molecule is COc1c(N)cc2c(c1C(=O)O)CCCO2. The maximum absolute atomic E-state index is 11.2. The molecule has 1 heterocycles. The Kier molecular flexibility index (Phi) is 2.60. The fourth-order valence-corrected chi connectivity index (χ4v) is 1.95. The van der Waals surface area contributed by atoms with Crippen LogP contribution in [0.5, 0.6) is 11.5 Å². The van der Waals surface area contributed by atoms with Gasteiger partial charge < -0.3 is 20.3 Å². The lowest BCUT2D eigenvalue weighted by atomic mass is 9.98. The van der Waals surface area contributed by atoms with Crippen LogP contribution < -0.4 is 15.2 Å². The highest BCUT2D eigenvalue weighted by Crippen LogP contribution is 2.38. The Hall–Kier alpha value is -1.91. The van der Waals surface area contributed by atoms with Crippen molar-refractivity contribution in [3.05, 3.63) is 17.2 Å². The average Bonchev–Trinajstić information content (AvgIpc) is 2.26. The minimum atomic E-state index is -1.04. The van der Waals surface area contributed by atoms with Gasteiger partial charge in [-0.15, -0.1) is 0 Å². The van der Waals surface area contributed by atoms with Crippen molar-refractivity contribution in [2.24, 2.45) is 0 Å². The number of carbonyl (C=O) groups is 1. The lowest BCUT2D eigenvalue weighted by molar-refractivity contribution is 0.0690. The zero-order valence-corrected chi connectivity index (χ0v) is 8.95. The summed E-state index contributed by atoms with van der Waals surface area (Å²) < 4.78 is 10.4. The molecule has 3 N–H and O–H groups in total. The standard InChI is InChI=1S/C11H13NO4/c1-15-10-7(12)5-8-6(3-2-4-16-8)9(10)11(13)14/h5H,2-4,12H2,1H3,(H,13,14). The van der Waals surface area contributed by atoms with E-state index in [0.29, 0.717) is 30.0 Å². The summed E-state index contributed by atoms with van der Waals surface area (Å²) in [7, 11) is 1.41. The number of carboxylic acid groups (broad SMARTS) is 1. The van der Waals surface area contributed by atoms with E-state index in [4.69, 9.17) is 15.2 Å². The molecular weight excluding hydrogens is 210 g/mol. The van der Waals surface area contributed by atoms with Crippen LogP contribution in [-0.2, 0) is 6.42 Å². The van der Waals surface area contributed by atoms with E-state index in [0.717, 1.165) is 6.42 Å². The number of methoxy groups -OCH3 is 1. The molecule has 0 aliphatic carbocycles. The molecule has 2 rings (SSSR count). The summed E-state index contributed by atoms with van der Waals surface area (Å²) in [6, 6.07) is 1.62. The van der Waals surface area contributed by atoms with Crippen molar-refractivity contribution >= 4 is 11.7 Å².